The molecule has 2 N–H and O–H groups in total. The molecule has 28 heavy (non-hydrogen) atoms. The lowest BCUT2D eigenvalue weighted by Crippen LogP contribution is -2.17. The zero-order chi connectivity index (χ0) is 20.3. The lowest BCUT2D eigenvalue weighted by Gasteiger charge is -2.11. The maximum Gasteiger partial charge on any atom is 0.257 e. The monoisotopic (exact) mass is 373 g/mol. The average molecular weight is 373 g/mol. The van der Waals surface area contributed by atoms with Crippen molar-refractivity contribution in [1.29, 1.82) is 0 Å². The Morgan fingerprint density at radius 1 is 0.750 bits per heavy atom. The predicted molar refractivity (Wildman–Crippen MR) is 112 cm³/mol. The van der Waals surface area contributed by atoms with Crippen LogP contribution in [-0.2, 0) is 0 Å². The molecule has 5 heteroatoms. The molecule has 5 nitrogen and oxygen atoms in total. The number of hydrogen-bond donors (Lipinski definition) is 2. The van der Waals surface area contributed by atoms with E-state index in [1.54, 1.807) is 6.07 Å². The molecular weight excluding hydrogens is 350 g/mol. The first kappa shape index (κ1) is 19.3. The largest absolute Gasteiger partial charge is 0.322 e. The quantitative estimate of drug-likeness (QED) is 0.689. The molecule has 2 amide bonds. The molecule has 0 aliphatic heterocycles. The Hall–Kier alpha value is -3.47. The van der Waals surface area contributed by atoms with E-state index in [0.717, 1.165) is 33.6 Å². The van der Waals surface area contributed by atoms with Gasteiger partial charge in [0.2, 0.25) is 0 Å². The first-order valence-corrected chi connectivity index (χ1v) is 9.06. The molecule has 1 aromatic heterocycles. The summed E-state index contributed by atoms with van der Waals surface area (Å²) in [4.78, 5) is 29.3. The number of hydrogen-bond acceptors (Lipinski definition) is 3. The minimum absolute atomic E-state index is 0.303. The van der Waals surface area contributed by atoms with Crippen LogP contribution in [0.1, 0.15) is 43.0 Å². The van der Waals surface area contributed by atoms with E-state index in [2.05, 4.69) is 15.6 Å². The highest BCUT2D eigenvalue weighted by Gasteiger charge is 2.14. The molecule has 3 rings (SSSR count). The smallest absolute Gasteiger partial charge is 0.257 e. The normalized spacial score (nSPS) is 10.4. The second-order valence-corrected chi connectivity index (χ2v) is 6.94. The van der Waals surface area contributed by atoms with Crippen molar-refractivity contribution in [3.63, 3.8) is 0 Å². The molecule has 0 saturated heterocycles. The van der Waals surface area contributed by atoms with Crippen LogP contribution in [0.5, 0.6) is 0 Å². The first-order chi connectivity index (χ1) is 13.3. The summed E-state index contributed by atoms with van der Waals surface area (Å²) in [6.45, 7) is 7.85. The maximum atomic E-state index is 12.6. The van der Waals surface area contributed by atoms with Crippen molar-refractivity contribution in [1.82, 2.24) is 4.98 Å². The van der Waals surface area contributed by atoms with Crippen molar-refractivity contribution >= 4 is 23.2 Å². The Morgan fingerprint density at radius 3 is 2.07 bits per heavy atom. The molecule has 2 aromatic carbocycles. The van der Waals surface area contributed by atoms with Gasteiger partial charge in [0.1, 0.15) is 0 Å². The van der Waals surface area contributed by atoms with E-state index in [1.165, 1.54) is 12.4 Å². The fourth-order valence-electron chi connectivity index (χ4n) is 2.83. The third-order valence-electron chi connectivity index (χ3n) is 4.76. The van der Waals surface area contributed by atoms with Crippen LogP contribution in [0.3, 0.4) is 0 Å². The van der Waals surface area contributed by atoms with Crippen molar-refractivity contribution in [3.8, 4) is 0 Å². The van der Waals surface area contributed by atoms with Gasteiger partial charge >= 0.3 is 0 Å². The summed E-state index contributed by atoms with van der Waals surface area (Å²) in [6, 6.07) is 13.1. The van der Waals surface area contributed by atoms with Crippen molar-refractivity contribution in [2.24, 2.45) is 0 Å². The summed E-state index contributed by atoms with van der Waals surface area (Å²) < 4.78 is 0. The van der Waals surface area contributed by atoms with Gasteiger partial charge in [-0.05, 0) is 68.1 Å². The van der Waals surface area contributed by atoms with E-state index in [0.29, 0.717) is 11.1 Å². The Morgan fingerprint density at radius 2 is 1.39 bits per heavy atom. The Labute approximate surface area is 164 Å². The van der Waals surface area contributed by atoms with Gasteiger partial charge in [-0.1, -0.05) is 24.3 Å². The summed E-state index contributed by atoms with van der Waals surface area (Å²) >= 11 is 0. The van der Waals surface area contributed by atoms with E-state index < -0.39 is 0 Å². The summed E-state index contributed by atoms with van der Waals surface area (Å²) in [7, 11) is 0. The van der Waals surface area contributed by atoms with E-state index in [4.69, 9.17) is 0 Å². The van der Waals surface area contributed by atoms with Gasteiger partial charge in [0.05, 0.1) is 11.1 Å². The van der Waals surface area contributed by atoms with Crippen molar-refractivity contribution in [2.45, 2.75) is 27.7 Å². The molecule has 0 unspecified atom stereocenters. The fourth-order valence-corrected chi connectivity index (χ4v) is 2.83. The number of rotatable bonds is 4. The van der Waals surface area contributed by atoms with Crippen LogP contribution in [0.25, 0.3) is 0 Å². The van der Waals surface area contributed by atoms with Crippen LogP contribution in [0.4, 0.5) is 11.4 Å². The number of benzene rings is 2. The number of nitrogens with one attached hydrogen (secondary N) is 2. The van der Waals surface area contributed by atoms with Gasteiger partial charge in [0.25, 0.3) is 11.8 Å². The molecule has 0 bridgehead atoms. The summed E-state index contributed by atoms with van der Waals surface area (Å²) in [6.07, 6.45) is 2.91. The fraction of sp³-hybridized carbons (Fsp3) is 0.174. The molecule has 0 atom stereocenters. The van der Waals surface area contributed by atoms with Gasteiger partial charge in [-0.3, -0.25) is 14.6 Å². The summed E-state index contributed by atoms with van der Waals surface area (Å²) in [5.41, 5.74) is 6.27. The number of anilines is 2. The molecule has 3 aromatic rings. The number of nitrogens with zero attached hydrogens (tertiary/aromatic N) is 1. The van der Waals surface area contributed by atoms with Crippen LogP contribution < -0.4 is 10.6 Å². The van der Waals surface area contributed by atoms with Crippen molar-refractivity contribution in [2.75, 3.05) is 10.6 Å². The molecule has 0 fully saturated rings. The lowest BCUT2D eigenvalue weighted by molar-refractivity contribution is 0.102. The van der Waals surface area contributed by atoms with Crippen LogP contribution >= 0.6 is 0 Å². The number of amides is 2. The number of aryl methyl sites for hydroxylation is 3. The maximum absolute atomic E-state index is 12.6. The van der Waals surface area contributed by atoms with Gasteiger partial charge in [0, 0.05) is 23.8 Å². The molecule has 1 heterocycles. The van der Waals surface area contributed by atoms with E-state index in [1.807, 2.05) is 64.1 Å². The average Bonchev–Trinajstić information content (AvgIpc) is 2.68. The molecular formula is C23H23N3O2. The topological polar surface area (TPSA) is 71.1 Å². The van der Waals surface area contributed by atoms with E-state index >= 15 is 0 Å². The number of carbonyl (C=O) groups is 2. The zero-order valence-corrected chi connectivity index (χ0v) is 16.5. The van der Waals surface area contributed by atoms with Crippen LogP contribution in [0.2, 0.25) is 0 Å². The van der Waals surface area contributed by atoms with Crippen LogP contribution in [0.15, 0.2) is 54.9 Å². The Kier molecular flexibility index (Phi) is 5.54. The van der Waals surface area contributed by atoms with E-state index in [9.17, 15) is 9.59 Å². The van der Waals surface area contributed by atoms with Gasteiger partial charge in [-0.15, -0.1) is 0 Å². The molecule has 0 saturated carbocycles. The van der Waals surface area contributed by atoms with Gasteiger partial charge in [-0.25, -0.2) is 0 Å². The second kappa shape index (κ2) is 8.05. The molecule has 0 aliphatic carbocycles. The number of aromatic nitrogens is 1. The molecule has 142 valence electrons. The minimum Gasteiger partial charge on any atom is -0.322 e. The predicted octanol–water partition coefficient (Wildman–Crippen LogP) is 4.82. The standard InChI is InChI=1S/C23H23N3O2/c1-14-8-9-16(3)21(10-14)26-23(28)19-11-18(12-24-13-19)22(27)25-20-7-5-6-15(2)17(20)4/h5-13H,1-4H3,(H,25,27)(H,26,28). The molecule has 0 radical (unpaired) electrons. The summed E-state index contributed by atoms with van der Waals surface area (Å²) in [5.74, 6) is -0.606. The SMILES string of the molecule is Cc1ccc(C)c(NC(=O)c2cncc(C(=O)Nc3cccc(C)c3C)c2)c1. The number of pyridine rings is 1. The van der Waals surface area contributed by atoms with Crippen LogP contribution in [0, 0.1) is 27.7 Å². The third kappa shape index (κ3) is 4.26. The van der Waals surface area contributed by atoms with Gasteiger partial charge in [-0.2, -0.15) is 0 Å². The van der Waals surface area contributed by atoms with Crippen molar-refractivity contribution < 1.29 is 9.59 Å². The summed E-state index contributed by atoms with van der Waals surface area (Å²) in [5, 5.41) is 5.78. The molecule has 0 spiro atoms. The first-order valence-electron chi connectivity index (χ1n) is 9.06. The number of carbonyl (C=O) groups excluding carboxylic acids is 2. The molecule has 0 aliphatic rings. The Bertz CT molecular complexity index is 1030. The highest BCUT2D eigenvalue weighted by atomic mass is 16.2. The Balaban J connectivity index is 1.79. The van der Waals surface area contributed by atoms with Crippen LogP contribution in [-0.4, -0.2) is 16.8 Å². The highest BCUT2D eigenvalue weighted by molar-refractivity contribution is 6.08. The van der Waals surface area contributed by atoms with Gasteiger partial charge in [0.15, 0.2) is 0 Å². The highest BCUT2D eigenvalue weighted by Crippen LogP contribution is 2.20. The zero-order valence-electron chi connectivity index (χ0n) is 16.5. The lowest BCUT2D eigenvalue weighted by atomic mass is 10.1. The minimum atomic E-state index is -0.303. The van der Waals surface area contributed by atoms with Gasteiger partial charge < -0.3 is 10.6 Å². The third-order valence-corrected chi connectivity index (χ3v) is 4.76. The van der Waals surface area contributed by atoms with E-state index in [-0.39, 0.29) is 11.8 Å². The van der Waals surface area contributed by atoms with Crippen molar-refractivity contribution in [3.05, 3.63) is 88.2 Å². The second-order valence-electron chi connectivity index (χ2n) is 6.94.